The van der Waals surface area contributed by atoms with Crippen LogP contribution in [0, 0.1) is 20.8 Å². The van der Waals surface area contributed by atoms with Crippen LogP contribution in [0.4, 0.5) is 21.2 Å². The van der Waals surface area contributed by atoms with Gasteiger partial charge in [-0.05, 0) is 44.0 Å². The van der Waals surface area contributed by atoms with Crippen molar-refractivity contribution < 1.29 is 9.53 Å². The van der Waals surface area contributed by atoms with Crippen molar-refractivity contribution in [2.75, 3.05) is 23.1 Å². The molecule has 2 aromatic carbocycles. The second kappa shape index (κ2) is 8.50. The molecule has 1 aromatic heterocycles. The molecule has 0 saturated carbocycles. The van der Waals surface area contributed by atoms with Crippen LogP contribution >= 0.6 is 11.3 Å². The standard InChI is InChI=1S/C21H25N5O2S/c1-12-5-7-16(13(2)9-12)20-24-14(3)19(29-20)25-21(27)28-11-15-6-8-18(26(4)23)17(22)10-15/h5-10H,11,22-23H2,1-4H3,(H,25,27). The van der Waals surface area contributed by atoms with Gasteiger partial charge in [0, 0.05) is 12.6 Å². The van der Waals surface area contributed by atoms with Gasteiger partial charge in [-0.3, -0.25) is 5.32 Å². The van der Waals surface area contributed by atoms with Gasteiger partial charge in [-0.2, -0.15) is 0 Å². The van der Waals surface area contributed by atoms with E-state index in [-0.39, 0.29) is 6.61 Å². The number of benzene rings is 2. The molecule has 7 nitrogen and oxygen atoms in total. The van der Waals surface area contributed by atoms with Crippen molar-refractivity contribution in [1.82, 2.24) is 4.98 Å². The van der Waals surface area contributed by atoms with Gasteiger partial charge in [0.2, 0.25) is 0 Å². The molecule has 0 aliphatic heterocycles. The van der Waals surface area contributed by atoms with Crippen molar-refractivity contribution in [3.8, 4) is 10.6 Å². The average Bonchev–Trinajstić information content (AvgIpc) is 2.99. The van der Waals surface area contributed by atoms with Gasteiger partial charge in [-0.25, -0.2) is 15.6 Å². The van der Waals surface area contributed by atoms with E-state index in [1.807, 2.05) is 13.0 Å². The Kier molecular flexibility index (Phi) is 6.05. The van der Waals surface area contributed by atoms with Gasteiger partial charge >= 0.3 is 6.09 Å². The Morgan fingerprint density at radius 1 is 1.21 bits per heavy atom. The maximum Gasteiger partial charge on any atom is 0.412 e. The molecule has 1 heterocycles. The molecule has 0 spiro atoms. The summed E-state index contributed by atoms with van der Waals surface area (Å²) in [4.78, 5) is 16.8. The minimum absolute atomic E-state index is 0.104. The van der Waals surface area contributed by atoms with Crippen LogP contribution in [0.5, 0.6) is 0 Å². The third-order valence-corrected chi connectivity index (χ3v) is 5.57. The van der Waals surface area contributed by atoms with Crippen LogP contribution in [-0.2, 0) is 11.3 Å². The zero-order chi connectivity index (χ0) is 21.1. The monoisotopic (exact) mass is 411 g/mol. The van der Waals surface area contributed by atoms with E-state index in [1.54, 1.807) is 19.2 Å². The Bertz CT molecular complexity index is 1050. The van der Waals surface area contributed by atoms with Crippen molar-refractivity contribution >= 4 is 33.8 Å². The second-order valence-electron chi connectivity index (χ2n) is 6.96. The number of aryl methyl sites for hydroxylation is 3. The molecule has 3 aromatic rings. The molecule has 152 valence electrons. The summed E-state index contributed by atoms with van der Waals surface area (Å²) >= 11 is 1.43. The number of hydrogen-bond acceptors (Lipinski definition) is 7. The average molecular weight is 412 g/mol. The van der Waals surface area contributed by atoms with Crippen LogP contribution in [-0.4, -0.2) is 18.1 Å². The van der Waals surface area contributed by atoms with Crippen molar-refractivity contribution in [3.05, 3.63) is 58.8 Å². The van der Waals surface area contributed by atoms with E-state index in [9.17, 15) is 4.79 Å². The Labute approximate surface area is 174 Å². The number of carbonyl (C=O) groups excluding carboxylic acids is 1. The van der Waals surface area contributed by atoms with Crippen LogP contribution in [0.1, 0.15) is 22.4 Å². The molecule has 1 amide bonds. The second-order valence-corrected chi connectivity index (χ2v) is 7.96. The van der Waals surface area contributed by atoms with Gasteiger partial charge in [0.25, 0.3) is 0 Å². The molecule has 0 aliphatic rings. The molecule has 0 aliphatic carbocycles. The van der Waals surface area contributed by atoms with E-state index in [0.29, 0.717) is 16.4 Å². The van der Waals surface area contributed by atoms with Gasteiger partial charge in [0.05, 0.1) is 17.1 Å². The topological polar surface area (TPSA) is 106 Å². The van der Waals surface area contributed by atoms with Crippen LogP contribution in [0.2, 0.25) is 0 Å². The van der Waals surface area contributed by atoms with Crippen molar-refractivity contribution in [2.24, 2.45) is 5.84 Å². The van der Waals surface area contributed by atoms with E-state index in [4.69, 9.17) is 16.3 Å². The van der Waals surface area contributed by atoms with E-state index in [0.717, 1.165) is 27.4 Å². The summed E-state index contributed by atoms with van der Waals surface area (Å²) in [6, 6.07) is 11.6. The van der Waals surface area contributed by atoms with Crippen LogP contribution in [0.3, 0.4) is 0 Å². The number of carbonyl (C=O) groups is 1. The van der Waals surface area contributed by atoms with Gasteiger partial charge < -0.3 is 15.5 Å². The molecule has 8 heteroatoms. The number of aromatic nitrogens is 1. The maximum atomic E-state index is 12.2. The third kappa shape index (κ3) is 4.85. The number of nitrogens with two attached hydrogens (primary N) is 2. The zero-order valence-corrected chi connectivity index (χ0v) is 17.8. The van der Waals surface area contributed by atoms with Gasteiger partial charge in [-0.1, -0.05) is 41.2 Å². The van der Waals surface area contributed by atoms with Crippen LogP contribution < -0.4 is 21.9 Å². The third-order valence-electron chi connectivity index (χ3n) is 4.47. The number of thiazole rings is 1. The number of nitrogens with zero attached hydrogens (tertiary/aromatic N) is 2. The molecular weight excluding hydrogens is 386 g/mol. The predicted octanol–water partition coefficient (Wildman–Crippen LogP) is 4.38. The van der Waals surface area contributed by atoms with Crippen LogP contribution in [0.25, 0.3) is 10.6 Å². The van der Waals surface area contributed by atoms with Gasteiger partial charge in [0.1, 0.15) is 16.6 Å². The Hall–Kier alpha value is -3.10. The fraction of sp³-hybridized carbons (Fsp3) is 0.238. The lowest BCUT2D eigenvalue weighted by atomic mass is 10.1. The zero-order valence-electron chi connectivity index (χ0n) is 16.9. The predicted molar refractivity (Wildman–Crippen MR) is 119 cm³/mol. The highest BCUT2D eigenvalue weighted by atomic mass is 32.1. The van der Waals surface area contributed by atoms with Crippen molar-refractivity contribution in [1.29, 1.82) is 0 Å². The largest absolute Gasteiger partial charge is 0.444 e. The number of nitrogens with one attached hydrogen (secondary N) is 1. The highest BCUT2D eigenvalue weighted by Gasteiger charge is 2.14. The van der Waals surface area contributed by atoms with E-state index >= 15 is 0 Å². The fourth-order valence-corrected chi connectivity index (χ4v) is 4.02. The first kappa shape index (κ1) is 20.6. The SMILES string of the molecule is Cc1ccc(-c2nc(C)c(NC(=O)OCc3ccc(N(C)N)c(N)c3)s2)c(C)c1. The first-order valence-electron chi connectivity index (χ1n) is 9.10. The maximum absolute atomic E-state index is 12.2. The number of nitrogen functional groups attached to an aromatic ring is 1. The highest BCUT2D eigenvalue weighted by molar-refractivity contribution is 7.19. The molecule has 0 fully saturated rings. The number of hydrogen-bond donors (Lipinski definition) is 3. The summed E-state index contributed by atoms with van der Waals surface area (Å²) in [5.41, 5.74) is 12.1. The lowest BCUT2D eigenvalue weighted by Gasteiger charge is -2.15. The minimum atomic E-state index is -0.539. The van der Waals surface area contributed by atoms with E-state index in [2.05, 4.69) is 42.3 Å². The number of rotatable bonds is 5. The lowest BCUT2D eigenvalue weighted by molar-refractivity contribution is 0.155. The van der Waals surface area contributed by atoms with Gasteiger partial charge in [0.15, 0.2) is 0 Å². The number of ether oxygens (including phenoxy) is 1. The molecular formula is C21H25N5O2S. The summed E-state index contributed by atoms with van der Waals surface area (Å²) in [6.07, 6.45) is -0.539. The summed E-state index contributed by atoms with van der Waals surface area (Å²) in [5.74, 6) is 5.70. The van der Waals surface area contributed by atoms with Crippen LogP contribution in [0.15, 0.2) is 36.4 Å². The summed E-state index contributed by atoms with van der Waals surface area (Å²) in [7, 11) is 1.71. The number of hydrazine groups is 1. The molecule has 0 saturated heterocycles. The number of amides is 1. The van der Waals surface area contributed by atoms with E-state index in [1.165, 1.54) is 21.9 Å². The summed E-state index contributed by atoms with van der Waals surface area (Å²) < 4.78 is 5.33. The minimum Gasteiger partial charge on any atom is -0.444 e. The molecule has 0 atom stereocenters. The Morgan fingerprint density at radius 3 is 2.62 bits per heavy atom. The molecule has 0 radical (unpaired) electrons. The Balaban J connectivity index is 1.65. The number of anilines is 3. The first-order valence-corrected chi connectivity index (χ1v) is 9.92. The first-order chi connectivity index (χ1) is 13.7. The lowest BCUT2D eigenvalue weighted by Crippen LogP contribution is -2.26. The normalized spacial score (nSPS) is 10.7. The molecule has 29 heavy (non-hydrogen) atoms. The molecule has 5 N–H and O–H groups in total. The van der Waals surface area contributed by atoms with E-state index < -0.39 is 6.09 Å². The van der Waals surface area contributed by atoms with Crippen molar-refractivity contribution in [2.45, 2.75) is 27.4 Å². The van der Waals surface area contributed by atoms with Gasteiger partial charge in [-0.15, -0.1) is 0 Å². The molecule has 0 unspecified atom stereocenters. The molecule has 3 rings (SSSR count). The summed E-state index contributed by atoms with van der Waals surface area (Å²) in [6.45, 7) is 6.08. The molecule has 0 bridgehead atoms. The summed E-state index contributed by atoms with van der Waals surface area (Å²) in [5, 5.41) is 5.75. The quantitative estimate of drug-likeness (QED) is 0.327. The highest BCUT2D eigenvalue weighted by Crippen LogP contribution is 2.34. The Morgan fingerprint density at radius 2 is 1.97 bits per heavy atom. The smallest absolute Gasteiger partial charge is 0.412 e. The van der Waals surface area contributed by atoms with Crippen molar-refractivity contribution in [3.63, 3.8) is 0 Å². The fourth-order valence-electron chi connectivity index (χ4n) is 2.97.